The fourth-order valence-corrected chi connectivity index (χ4v) is 7.35. The number of aromatic nitrogens is 2. The van der Waals surface area contributed by atoms with Crippen LogP contribution in [0.4, 0.5) is 0 Å². The first-order chi connectivity index (χ1) is 23.3. The molecule has 7 rings (SSSR count). The molecular weight excluding hydrogens is 615 g/mol. The van der Waals surface area contributed by atoms with E-state index in [0.29, 0.717) is 20.6 Å². The largest absolute Gasteiger partial charge is 0.463 e. The van der Waals surface area contributed by atoms with Gasteiger partial charge in [0.2, 0.25) is 0 Å². The number of benzene rings is 4. The summed E-state index contributed by atoms with van der Waals surface area (Å²) in [5.74, 6) is -0.465. The number of fused-ring (bicyclic) bond motifs is 1. The topological polar surface area (TPSA) is 65.6 Å². The van der Waals surface area contributed by atoms with Crippen molar-refractivity contribution in [2.75, 3.05) is 6.61 Å². The van der Waals surface area contributed by atoms with Gasteiger partial charge in [0.1, 0.15) is 0 Å². The van der Waals surface area contributed by atoms with Gasteiger partial charge in [-0.25, -0.2) is 9.79 Å². The second-order valence-electron chi connectivity index (χ2n) is 11.9. The molecule has 0 saturated carbocycles. The third-order valence-electron chi connectivity index (χ3n) is 8.64. The minimum atomic E-state index is -0.659. The van der Waals surface area contributed by atoms with E-state index < -0.39 is 12.0 Å². The number of hydrogen-bond donors (Lipinski definition) is 0. The van der Waals surface area contributed by atoms with Crippen LogP contribution >= 0.6 is 11.3 Å². The fourth-order valence-electron chi connectivity index (χ4n) is 6.31. The van der Waals surface area contributed by atoms with Crippen LogP contribution in [0.25, 0.3) is 34.3 Å². The smallest absolute Gasteiger partial charge is 0.338 e. The molecule has 1 aliphatic rings. The first-order valence-corrected chi connectivity index (χ1v) is 16.9. The lowest BCUT2D eigenvalue weighted by Gasteiger charge is -2.24. The maximum Gasteiger partial charge on any atom is 0.338 e. The van der Waals surface area contributed by atoms with Crippen molar-refractivity contribution in [1.29, 1.82) is 0 Å². The lowest BCUT2D eigenvalue weighted by Crippen LogP contribution is -2.39. The number of esters is 1. The van der Waals surface area contributed by atoms with E-state index in [4.69, 9.17) is 9.73 Å². The van der Waals surface area contributed by atoms with Gasteiger partial charge in [-0.05, 0) is 68.7 Å². The van der Waals surface area contributed by atoms with E-state index in [9.17, 15) is 9.59 Å². The second kappa shape index (κ2) is 12.9. The van der Waals surface area contributed by atoms with Gasteiger partial charge in [0.15, 0.2) is 4.80 Å². The lowest BCUT2D eigenvalue weighted by molar-refractivity contribution is -0.139. The summed E-state index contributed by atoms with van der Waals surface area (Å²) >= 11 is 1.33. The average Bonchev–Trinajstić information content (AvgIpc) is 3.62. The van der Waals surface area contributed by atoms with E-state index >= 15 is 0 Å². The monoisotopic (exact) mass is 649 g/mol. The van der Waals surface area contributed by atoms with Crippen LogP contribution in [0.3, 0.4) is 0 Å². The summed E-state index contributed by atoms with van der Waals surface area (Å²) in [5, 5.41) is 0. The molecule has 0 spiro atoms. The van der Waals surface area contributed by atoms with Crippen LogP contribution in [-0.2, 0) is 9.53 Å². The molecule has 4 aromatic carbocycles. The number of aryl methyl sites for hydroxylation is 2. The van der Waals surface area contributed by atoms with Crippen molar-refractivity contribution in [3.8, 4) is 28.2 Å². The Morgan fingerprint density at radius 2 is 1.44 bits per heavy atom. The van der Waals surface area contributed by atoms with Crippen molar-refractivity contribution in [2.45, 2.75) is 33.7 Å². The fraction of sp³-hybridized carbons (Fsp3) is 0.146. The highest BCUT2D eigenvalue weighted by Crippen LogP contribution is 2.37. The molecule has 0 saturated heterocycles. The van der Waals surface area contributed by atoms with Gasteiger partial charge in [0.25, 0.3) is 5.56 Å². The Balaban J connectivity index is 1.51. The molecule has 238 valence electrons. The molecule has 7 heteroatoms. The highest BCUT2D eigenvalue weighted by molar-refractivity contribution is 7.07. The summed E-state index contributed by atoms with van der Waals surface area (Å²) in [5.41, 5.74) is 9.80. The highest BCUT2D eigenvalue weighted by Gasteiger charge is 2.33. The van der Waals surface area contributed by atoms with E-state index in [1.165, 1.54) is 16.9 Å². The van der Waals surface area contributed by atoms with E-state index in [0.717, 1.165) is 44.9 Å². The van der Waals surface area contributed by atoms with Gasteiger partial charge in [-0.1, -0.05) is 120 Å². The van der Waals surface area contributed by atoms with Crippen molar-refractivity contribution < 1.29 is 9.53 Å². The van der Waals surface area contributed by atoms with Crippen LogP contribution in [-0.4, -0.2) is 21.7 Å². The zero-order valence-corrected chi connectivity index (χ0v) is 28.1. The van der Waals surface area contributed by atoms with Gasteiger partial charge in [-0.15, -0.1) is 0 Å². The lowest BCUT2D eigenvalue weighted by atomic mass is 9.95. The zero-order chi connectivity index (χ0) is 33.4. The highest BCUT2D eigenvalue weighted by atomic mass is 32.1. The van der Waals surface area contributed by atoms with E-state index in [1.807, 2.05) is 80.6 Å². The van der Waals surface area contributed by atoms with Gasteiger partial charge < -0.3 is 9.30 Å². The zero-order valence-electron chi connectivity index (χ0n) is 27.3. The van der Waals surface area contributed by atoms with Crippen LogP contribution < -0.4 is 14.9 Å². The maximum atomic E-state index is 14.5. The van der Waals surface area contributed by atoms with Gasteiger partial charge >= 0.3 is 5.97 Å². The number of carbonyl (C=O) groups is 1. The minimum absolute atomic E-state index is 0.206. The Bertz CT molecular complexity index is 2350. The third kappa shape index (κ3) is 5.67. The molecule has 0 radical (unpaired) electrons. The molecule has 0 amide bonds. The number of thiazole rings is 1. The number of carbonyl (C=O) groups excluding carboxylic acids is 1. The molecule has 0 aliphatic carbocycles. The summed E-state index contributed by atoms with van der Waals surface area (Å²) < 4.78 is 9.93. The van der Waals surface area contributed by atoms with E-state index in [1.54, 1.807) is 11.5 Å². The summed E-state index contributed by atoms with van der Waals surface area (Å²) in [7, 11) is 0. The van der Waals surface area contributed by atoms with Crippen molar-refractivity contribution in [3.63, 3.8) is 0 Å². The Labute approximate surface area is 283 Å². The molecule has 2 aromatic heterocycles. The first-order valence-electron chi connectivity index (χ1n) is 16.0. The van der Waals surface area contributed by atoms with Crippen LogP contribution in [0.15, 0.2) is 136 Å². The molecule has 6 aromatic rings. The Kier molecular flexibility index (Phi) is 8.38. The van der Waals surface area contributed by atoms with Gasteiger partial charge in [0, 0.05) is 11.3 Å². The summed E-state index contributed by atoms with van der Waals surface area (Å²) in [6, 6.07) is 38.5. The van der Waals surface area contributed by atoms with E-state index in [-0.39, 0.29) is 12.2 Å². The molecule has 1 aliphatic heterocycles. The third-order valence-corrected chi connectivity index (χ3v) is 9.62. The molecular formula is C41H35N3O3S. The normalized spacial score (nSPS) is 14.5. The predicted octanol–water partition coefficient (Wildman–Crippen LogP) is 7.54. The first kappa shape index (κ1) is 31.1. The van der Waals surface area contributed by atoms with Gasteiger partial charge in [-0.2, -0.15) is 0 Å². The number of rotatable bonds is 7. The summed E-state index contributed by atoms with van der Waals surface area (Å²) in [6.45, 7) is 7.91. The number of ether oxygens (including phenoxy) is 1. The molecule has 6 nitrogen and oxygen atoms in total. The summed E-state index contributed by atoms with van der Waals surface area (Å²) in [4.78, 5) is 33.2. The Morgan fingerprint density at radius 3 is 2.06 bits per heavy atom. The SMILES string of the molecule is CCOC(=O)C1=C(C)N=c2sc(=Cc3cc(-c4ccccc4)n(-c4ccc(C)cc4)c3-c3ccccc3)c(=O)n2C1c1ccc(C)cc1. The molecule has 0 N–H and O–H groups in total. The van der Waals surface area contributed by atoms with Crippen molar-refractivity contribution in [1.82, 2.24) is 9.13 Å². The number of hydrogen-bond acceptors (Lipinski definition) is 5. The number of allylic oxidation sites excluding steroid dienone is 1. The maximum absolute atomic E-state index is 14.5. The summed E-state index contributed by atoms with van der Waals surface area (Å²) in [6.07, 6.45) is 1.97. The Hall–Kier alpha value is -5.53. The van der Waals surface area contributed by atoms with E-state index in [2.05, 4.69) is 66.1 Å². The van der Waals surface area contributed by atoms with Crippen LogP contribution in [0.2, 0.25) is 0 Å². The number of nitrogens with zero attached hydrogens (tertiary/aromatic N) is 3. The van der Waals surface area contributed by atoms with Crippen molar-refractivity contribution in [2.24, 2.45) is 4.99 Å². The molecule has 0 bridgehead atoms. The standard InChI is InChI=1S/C41H35N3O3S/c1-5-47-40(46)36-28(4)42-41-44(38(36)31-20-16-26(2)17-21-31)39(45)35(48-41)25-32-24-34(29-12-8-6-9-13-29)43(33-22-18-27(3)19-23-33)37(32)30-14-10-7-11-15-30/h6-25,38H,5H2,1-4H3. The molecule has 1 unspecified atom stereocenters. The van der Waals surface area contributed by atoms with Gasteiger partial charge in [-0.3, -0.25) is 9.36 Å². The molecule has 0 fully saturated rings. The minimum Gasteiger partial charge on any atom is -0.463 e. The van der Waals surface area contributed by atoms with Gasteiger partial charge in [0.05, 0.1) is 39.8 Å². The molecule has 48 heavy (non-hydrogen) atoms. The van der Waals surface area contributed by atoms with Crippen LogP contribution in [0, 0.1) is 13.8 Å². The van der Waals surface area contributed by atoms with Crippen molar-refractivity contribution >= 4 is 23.4 Å². The average molecular weight is 650 g/mol. The van der Waals surface area contributed by atoms with Crippen molar-refractivity contribution in [3.05, 3.63) is 168 Å². The Morgan fingerprint density at radius 1 is 0.833 bits per heavy atom. The molecule has 3 heterocycles. The quantitative estimate of drug-likeness (QED) is 0.168. The second-order valence-corrected chi connectivity index (χ2v) is 13.0. The van der Waals surface area contributed by atoms with Crippen LogP contribution in [0.5, 0.6) is 0 Å². The van der Waals surface area contributed by atoms with Crippen LogP contribution in [0.1, 0.15) is 42.1 Å². The predicted molar refractivity (Wildman–Crippen MR) is 193 cm³/mol. The molecule has 1 atom stereocenters.